The summed E-state index contributed by atoms with van der Waals surface area (Å²) in [4.78, 5) is 0. The van der Waals surface area contributed by atoms with Gasteiger partial charge in [-0.1, -0.05) is 255 Å². The van der Waals surface area contributed by atoms with Gasteiger partial charge in [-0.15, -0.1) is 0 Å². The molecule has 446 valence electrons. The normalized spacial score (nSPS) is 12.9. The average molecular weight is 1220 g/mol. The number of hydrogen-bond acceptors (Lipinski definition) is 0. The molecule has 2 atom stereocenters. The molecule has 0 aliphatic rings. The minimum Gasteiger partial charge on any atom is -0.309 e. The minimum atomic E-state index is -0.0299. The van der Waals surface area contributed by atoms with Crippen molar-refractivity contribution in [1.82, 2.24) is 17.9 Å². The number of rotatable bonds is 10. The predicted molar refractivity (Wildman–Crippen MR) is 403 cm³/mol. The second-order valence-electron chi connectivity index (χ2n) is 26.2. The van der Waals surface area contributed by atoms with Crippen molar-refractivity contribution in [2.45, 2.75) is 11.8 Å². The zero-order chi connectivity index (χ0) is 62.7. The molecule has 6 heterocycles. The number of fused-ring (bicyclic) bond motifs is 18. The lowest BCUT2D eigenvalue weighted by molar-refractivity contribution is 0.982. The number of nitrogens with zero attached hydrogens (tertiary/aromatic N) is 4. The number of hydrogen-bond donors (Lipinski definition) is 0. The Morgan fingerprint density at radius 1 is 0.188 bits per heavy atom. The van der Waals surface area contributed by atoms with Crippen LogP contribution in [0.25, 0.3) is 153 Å². The molecule has 21 rings (SSSR count). The third kappa shape index (κ3) is 7.49. The first kappa shape index (κ1) is 53.1. The molecule has 0 N–H and O–H groups in total. The monoisotopic (exact) mass is 1220 g/mol. The van der Waals surface area contributed by atoms with Crippen LogP contribution in [0.15, 0.2) is 340 Å². The Labute approximate surface area is 552 Å². The van der Waals surface area contributed by atoms with Crippen molar-refractivity contribution in [3.05, 3.63) is 373 Å². The standard InChI is InChI=1S/C92H58N4/c1-7-25-57(26-8-1)83(61-45-49-79-73(53-61)67-37-19-21-43-77(67)93(79)65-33-15-5-16-34-65)63-47-51-81-75(55-63)69-39-23-41-71-87-86(60-31-13-4-14-32-60)92-88(85(59-29-11-3-12-30-59)91(87)95(81)89(69)71)72-42-24-40-70-76-56-64(48-52-82(76)96(92)90(70)72)84(58-27-9-2-10-28-58)62-46-50-80-74(54-62)68-38-20-22-44-78(68)94(80)66-35-17-6-18-36-66/h1-56,83-84H. The first-order chi connectivity index (χ1) is 47.7. The zero-order valence-corrected chi connectivity index (χ0v) is 52.3. The smallest absolute Gasteiger partial charge is 0.0634 e. The van der Waals surface area contributed by atoms with E-state index in [-0.39, 0.29) is 11.8 Å². The third-order valence-electron chi connectivity index (χ3n) is 21.2. The summed E-state index contributed by atoms with van der Waals surface area (Å²) in [6, 6.07) is 127. The molecule has 0 saturated heterocycles. The molecule has 0 bridgehead atoms. The molecule has 0 spiro atoms. The fourth-order valence-electron chi connectivity index (χ4n) is 17.4. The van der Waals surface area contributed by atoms with Crippen molar-refractivity contribution in [2.24, 2.45) is 0 Å². The molecular formula is C92H58N4. The van der Waals surface area contributed by atoms with E-state index in [0.717, 1.165) is 11.4 Å². The van der Waals surface area contributed by atoms with E-state index in [0.29, 0.717) is 0 Å². The topological polar surface area (TPSA) is 18.7 Å². The molecule has 4 nitrogen and oxygen atoms in total. The Bertz CT molecular complexity index is 6250. The summed E-state index contributed by atoms with van der Waals surface area (Å²) in [7, 11) is 0. The van der Waals surface area contributed by atoms with E-state index < -0.39 is 0 Å². The van der Waals surface area contributed by atoms with E-state index in [1.807, 2.05) is 0 Å². The van der Waals surface area contributed by atoms with Crippen molar-refractivity contribution >= 4 is 120 Å². The SMILES string of the molecule is c1ccc(-c2c3c4cccc5c6cc(C(c7ccccc7)c7ccc8c(c7)c7ccccc7n8-c7ccccc7)ccc6n(c3c(-c3ccccc3)c3c6cccc7c8cc(C(c9ccccc9)c9ccc%10c(c9)c9ccccc9n%10-c9ccccc9)ccc8n(c23)c76)c54)cc1. The average Bonchev–Trinajstić information content (AvgIpc) is 1.49. The van der Waals surface area contributed by atoms with Gasteiger partial charge in [0.2, 0.25) is 0 Å². The molecule has 2 unspecified atom stereocenters. The van der Waals surface area contributed by atoms with E-state index in [4.69, 9.17) is 0 Å². The molecular weight excluding hydrogens is 1160 g/mol. The van der Waals surface area contributed by atoms with Crippen LogP contribution in [0.3, 0.4) is 0 Å². The first-order valence-corrected chi connectivity index (χ1v) is 33.5. The summed E-state index contributed by atoms with van der Waals surface area (Å²) in [6.07, 6.45) is 0. The van der Waals surface area contributed by atoms with Crippen LogP contribution in [0.4, 0.5) is 0 Å². The van der Waals surface area contributed by atoms with Crippen molar-refractivity contribution in [3.8, 4) is 33.6 Å². The van der Waals surface area contributed by atoms with Crippen LogP contribution in [0.2, 0.25) is 0 Å². The van der Waals surface area contributed by atoms with Gasteiger partial charge in [0.1, 0.15) is 0 Å². The Morgan fingerprint density at radius 3 is 0.865 bits per heavy atom. The maximum absolute atomic E-state index is 2.65. The van der Waals surface area contributed by atoms with Crippen LogP contribution in [0, 0.1) is 0 Å². The number of benzene rings is 15. The molecule has 6 aromatic heterocycles. The summed E-state index contributed by atoms with van der Waals surface area (Å²) in [5, 5.41) is 15.0. The fourth-order valence-corrected chi connectivity index (χ4v) is 17.4. The largest absolute Gasteiger partial charge is 0.309 e. The Balaban J connectivity index is 0.809. The van der Waals surface area contributed by atoms with Gasteiger partial charge in [0.05, 0.1) is 55.2 Å². The van der Waals surface area contributed by atoms with E-state index in [2.05, 4.69) is 358 Å². The van der Waals surface area contributed by atoms with Gasteiger partial charge in [-0.3, -0.25) is 0 Å². The Morgan fingerprint density at radius 2 is 0.479 bits per heavy atom. The highest BCUT2D eigenvalue weighted by molar-refractivity contribution is 6.38. The third-order valence-corrected chi connectivity index (χ3v) is 21.2. The molecule has 0 amide bonds. The van der Waals surface area contributed by atoms with Gasteiger partial charge in [-0.05, 0) is 129 Å². The fraction of sp³-hybridized carbons (Fsp3) is 0.0217. The molecule has 4 heteroatoms. The van der Waals surface area contributed by atoms with Gasteiger partial charge in [0.15, 0.2) is 0 Å². The van der Waals surface area contributed by atoms with E-state index in [1.54, 1.807) is 0 Å². The summed E-state index contributed by atoms with van der Waals surface area (Å²) < 4.78 is 10.1. The van der Waals surface area contributed by atoms with Crippen molar-refractivity contribution in [2.75, 3.05) is 0 Å². The molecule has 0 aliphatic carbocycles. The Kier molecular flexibility index (Phi) is 11.3. The molecule has 0 aliphatic heterocycles. The van der Waals surface area contributed by atoms with Crippen LogP contribution in [0.5, 0.6) is 0 Å². The van der Waals surface area contributed by atoms with Crippen molar-refractivity contribution < 1.29 is 0 Å². The lowest BCUT2D eigenvalue weighted by Gasteiger charge is -2.20. The summed E-state index contributed by atoms with van der Waals surface area (Å²) in [5.74, 6) is -0.0598. The maximum atomic E-state index is 2.65. The summed E-state index contributed by atoms with van der Waals surface area (Å²) >= 11 is 0. The van der Waals surface area contributed by atoms with Crippen molar-refractivity contribution in [3.63, 3.8) is 0 Å². The molecule has 0 radical (unpaired) electrons. The van der Waals surface area contributed by atoms with Crippen LogP contribution in [0.1, 0.15) is 45.2 Å². The lowest BCUT2D eigenvalue weighted by atomic mass is 9.84. The number of aromatic nitrogens is 4. The molecule has 15 aromatic carbocycles. The van der Waals surface area contributed by atoms with Gasteiger partial charge >= 0.3 is 0 Å². The molecule has 0 fully saturated rings. The van der Waals surface area contributed by atoms with Crippen LogP contribution >= 0.6 is 0 Å². The highest BCUT2D eigenvalue weighted by Gasteiger charge is 2.32. The summed E-state index contributed by atoms with van der Waals surface area (Å²) in [5.41, 5.74) is 27.0. The highest BCUT2D eigenvalue weighted by atomic mass is 15.0. The van der Waals surface area contributed by atoms with Gasteiger partial charge in [0.25, 0.3) is 0 Å². The summed E-state index contributed by atoms with van der Waals surface area (Å²) in [6.45, 7) is 0. The minimum absolute atomic E-state index is 0.0299. The van der Waals surface area contributed by atoms with E-state index in [9.17, 15) is 0 Å². The maximum Gasteiger partial charge on any atom is 0.0634 e. The molecule has 0 saturated carbocycles. The van der Waals surface area contributed by atoms with Crippen LogP contribution in [-0.2, 0) is 0 Å². The van der Waals surface area contributed by atoms with Gasteiger partial charge < -0.3 is 17.9 Å². The zero-order valence-electron chi connectivity index (χ0n) is 52.3. The molecule has 96 heavy (non-hydrogen) atoms. The van der Waals surface area contributed by atoms with E-state index in [1.165, 1.54) is 175 Å². The first-order valence-electron chi connectivity index (χ1n) is 33.5. The second-order valence-corrected chi connectivity index (χ2v) is 26.2. The number of para-hydroxylation sites is 6. The second kappa shape index (κ2) is 20.5. The van der Waals surface area contributed by atoms with Crippen LogP contribution < -0.4 is 0 Å². The predicted octanol–water partition coefficient (Wildman–Crippen LogP) is 23.9. The van der Waals surface area contributed by atoms with Gasteiger partial charge in [-0.2, -0.15) is 0 Å². The Hall–Kier alpha value is -12.5. The quantitative estimate of drug-likeness (QED) is 0.122. The van der Waals surface area contributed by atoms with E-state index >= 15 is 0 Å². The van der Waals surface area contributed by atoms with Crippen LogP contribution in [-0.4, -0.2) is 17.9 Å². The lowest BCUT2D eigenvalue weighted by Crippen LogP contribution is -2.04. The van der Waals surface area contributed by atoms with Gasteiger partial charge in [0, 0.05) is 99.0 Å². The van der Waals surface area contributed by atoms with Crippen molar-refractivity contribution in [1.29, 1.82) is 0 Å². The highest BCUT2D eigenvalue weighted by Crippen LogP contribution is 2.55. The molecule has 21 aromatic rings. The van der Waals surface area contributed by atoms with Gasteiger partial charge in [-0.25, -0.2) is 0 Å².